The van der Waals surface area contributed by atoms with Crippen LogP contribution in [0, 0.1) is 23.7 Å². The zero-order valence-electron chi connectivity index (χ0n) is 20.7. The molecule has 2 heterocycles. The Morgan fingerprint density at radius 3 is 2.33 bits per heavy atom. The maximum atomic E-state index is 12.1. The zero-order chi connectivity index (χ0) is 26.1. The summed E-state index contributed by atoms with van der Waals surface area (Å²) >= 11 is 0. The van der Waals surface area contributed by atoms with Crippen LogP contribution in [0.4, 0.5) is 0 Å². The Kier molecular flexibility index (Phi) is 5.10. The average Bonchev–Trinajstić information content (AvgIpc) is 3.22. The average molecular weight is 505 g/mol. The van der Waals surface area contributed by atoms with Gasteiger partial charge in [-0.3, -0.25) is 0 Å². The first-order chi connectivity index (χ1) is 16.8. The van der Waals surface area contributed by atoms with E-state index in [0.29, 0.717) is 17.6 Å². The minimum atomic E-state index is -2.57. The number of benzene rings is 1. The second-order valence-electron chi connectivity index (χ2n) is 11.9. The van der Waals surface area contributed by atoms with E-state index in [2.05, 4.69) is 6.58 Å². The van der Waals surface area contributed by atoms with Crippen molar-refractivity contribution in [3.8, 4) is 0 Å². The molecule has 6 rings (SSSR count). The van der Waals surface area contributed by atoms with Gasteiger partial charge in [-0.2, -0.15) is 0 Å². The largest absolute Gasteiger partial charge is 0.393 e. The van der Waals surface area contributed by atoms with E-state index in [0.717, 1.165) is 0 Å². The Labute approximate surface area is 209 Å². The smallest absolute Gasteiger partial charge is 0.313 e. The Morgan fingerprint density at radius 2 is 1.72 bits per heavy atom. The molecular formula is C27H36O9. The Bertz CT molecular complexity index is 1080. The number of aliphatic hydroxyl groups excluding tert-OH is 4. The van der Waals surface area contributed by atoms with Crippen molar-refractivity contribution in [2.45, 2.75) is 86.4 Å². The van der Waals surface area contributed by atoms with Gasteiger partial charge >= 0.3 is 5.97 Å². The van der Waals surface area contributed by atoms with Gasteiger partial charge in [-0.15, -0.1) is 0 Å². The lowest BCUT2D eigenvalue weighted by Gasteiger charge is -2.61. The fourth-order valence-corrected chi connectivity index (χ4v) is 8.43. The molecule has 5 aliphatic rings. The van der Waals surface area contributed by atoms with E-state index in [1.54, 1.807) is 19.1 Å². The highest BCUT2D eigenvalue weighted by Gasteiger charge is 2.84. The first-order valence-electron chi connectivity index (χ1n) is 12.7. The van der Waals surface area contributed by atoms with Crippen LogP contribution in [0.15, 0.2) is 42.5 Å². The number of rotatable bonds is 3. The summed E-state index contributed by atoms with van der Waals surface area (Å²) in [6, 6.07) is 9.11. The molecule has 3 bridgehead atoms. The lowest BCUT2D eigenvalue weighted by molar-refractivity contribution is -0.446. The van der Waals surface area contributed by atoms with E-state index in [-0.39, 0.29) is 12.3 Å². The van der Waals surface area contributed by atoms with Crippen LogP contribution >= 0.6 is 0 Å². The van der Waals surface area contributed by atoms with Gasteiger partial charge in [0.05, 0.1) is 24.4 Å². The molecule has 13 atom stereocenters. The first-order valence-corrected chi connectivity index (χ1v) is 12.7. The Balaban J connectivity index is 1.67. The predicted molar refractivity (Wildman–Crippen MR) is 125 cm³/mol. The van der Waals surface area contributed by atoms with Gasteiger partial charge in [-0.25, -0.2) is 0 Å². The van der Waals surface area contributed by atoms with E-state index < -0.39 is 77.2 Å². The van der Waals surface area contributed by atoms with E-state index in [4.69, 9.17) is 14.2 Å². The van der Waals surface area contributed by atoms with Crippen molar-refractivity contribution in [1.82, 2.24) is 0 Å². The van der Waals surface area contributed by atoms with Crippen LogP contribution < -0.4 is 0 Å². The van der Waals surface area contributed by atoms with Crippen molar-refractivity contribution < 1.29 is 44.8 Å². The highest BCUT2D eigenvalue weighted by Crippen LogP contribution is 2.71. The summed E-state index contributed by atoms with van der Waals surface area (Å²) in [5.41, 5.74) is -6.11. The standard InChI is InChI=1S/C27H36O9/c1-13(2)24-11-15(4)26-17-10-14(3)19(29)25(17,33)22(31)23(32,12-28)20(30)18(26)21(24)34-27(35-24,36-26)16-8-6-5-7-9-16/h5-9,14-15,17-22,28-33H,1,10-12H2,2-4H3. The van der Waals surface area contributed by atoms with Gasteiger partial charge in [0.25, 0.3) is 0 Å². The fourth-order valence-electron chi connectivity index (χ4n) is 8.43. The molecule has 9 heteroatoms. The predicted octanol–water partition coefficient (Wildman–Crippen LogP) is 0.159. The minimum Gasteiger partial charge on any atom is -0.393 e. The van der Waals surface area contributed by atoms with Crippen molar-refractivity contribution in [1.29, 1.82) is 0 Å². The van der Waals surface area contributed by atoms with E-state index in [1.807, 2.05) is 32.0 Å². The second kappa shape index (κ2) is 7.37. The molecule has 2 saturated heterocycles. The molecule has 1 aromatic rings. The number of hydrogen-bond acceptors (Lipinski definition) is 9. The summed E-state index contributed by atoms with van der Waals surface area (Å²) in [6.45, 7) is 8.64. The van der Waals surface area contributed by atoms with Gasteiger partial charge < -0.3 is 44.8 Å². The molecule has 3 aliphatic carbocycles. The maximum Gasteiger partial charge on any atom is 0.313 e. The lowest BCUT2D eigenvalue weighted by atomic mass is 9.53. The molecule has 36 heavy (non-hydrogen) atoms. The lowest BCUT2D eigenvalue weighted by Crippen LogP contribution is -2.73. The summed E-state index contributed by atoms with van der Waals surface area (Å²) in [7, 11) is 0. The second-order valence-corrected chi connectivity index (χ2v) is 11.9. The molecule has 0 amide bonds. The van der Waals surface area contributed by atoms with Crippen LogP contribution in [0.2, 0.25) is 0 Å². The summed E-state index contributed by atoms with van der Waals surface area (Å²) in [5, 5.41) is 68.5. The summed E-state index contributed by atoms with van der Waals surface area (Å²) < 4.78 is 20.1. The van der Waals surface area contributed by atoms with Crippen LogP contribution in [0.5, 0.6) is 0 Å². The molecule has 5 fully saturated rings. The van der Waals surface area contributed by atoms with Gasteiger partial charge in [-0.1, -0.05) is 50.8 Å². The van der Waals surface area contributed by atoms with Gasteiger partial charge in [0.15, 0.2) is 0 Å². The molecule has 13 unspecified atom stereocenters. The molecule has 2 aliphatic heterocycles. The van der Waals surface area contributed by atoms with Gasteiger partial charge in [0.1, 0.15) is 29.0 Å². The van der Waals surface area contributed by atoms with Crippen molar-refractivity contribution in [2.75, 3.05) is 6.61 Å². The van der Waals surface area contributed by atoms with Crippen LogP contribution in [0.1, 0.15) is 39.2 Å². The van der Waals surface area contributed by atoms with E-state index in [9.17, 15) is 30.6 Å². The molecule has 1 aromatic carbocycles. The SMILES string of the molecule is C=C(C)C12CC(C)C34OC(c5ccccc5)(OC1C3C(O)C(O)(CO)C(O)C1(O)C(O)C(C)CC14)O2. The van der Waals surface area contributed by atoms with Crippen LogP contribution in [-0.4, -0.2) is 84.1 Å². The van der Waals surface area contributed by atoms with Gasteiger partial charge in [0, 0.05) is 17.4 Å². The topological polar surface area (TPSA) is 149 Å². The number of hydrogen-bond donors (Lipinski definition) is 6. The zero-order valence-corrected chi connectivity index (χ0v) is 20.7. The van der Waals surface area contributed by atoms with Crippen LogP contribution in [-0.2, 0) is 20.2 Å². The fraction of sp³-hybridized carbons (Fsp3) is 0.704. The molecule has 0 spiro atoms. The number of ether oxygens (including phenoxy) is 3. The molecule has 198 valence electrons. The molecule has 0 aromatic heterocycles. The maximum absolute atomic E-state index is 12.1. The van der Waals surface area contributed by atoms with Crippen LogP contribution in [0.3, 0.4) is 0 Å². The Morgan fingerprint density at radius 1 is 1.06 bits per heavy atom. The highest BCUT2D eigenvalue weighted by atomic mass is 16.9. The minimum absolute atomic E-state index is 0.251. The van der Waals surface area contributed by atoms with Crippen molar-refractivity contribution >= 4 is 0 Å². The van der Waals surface area contributed by atoms with Crippen LogP contribution in [0.25, 0.3) is 0 Å². The summed E-state index contributed by atoms with van der Waals surface area (Å²) in [6.07, 6.45) is -5.52. The molecule has 9 nitrogen and oxygen atoms in total. The van der Waals surface area contributed by atoms with E-state index in [1.165, 1.54) is 0 Å². The highest BCUT2D eigenvalue weighted by molar-refractivity contribution is 5.36. The summed E-state index contributed by atoms with van der Waals surface area (Å²) in [4.78, 5) is 0. The molecule has 0 radical (unpaired) electrons. The third-order valence-corrected chi connectivity index (χ3v) is 10.2. The van der Waals surface area contributed by atoms with Gasteiger partial charge in [0.2, 0.25) is 0 Å². The molecule has 6 N–H and O–H groups in total. The third-order valence-electron chi connectivity index (χ3n) is 10.2. The van der Waals surface area contributed by atoms with Crippen molar-refractivity contribution in [3.63, 3.8) is 0 Å². The summed E-state index contributed by atoms with van der Waals surface area (Å²) in [5.74, 6) is -4.49. The quantitative estimate of drug-likeness (QED) is 0.317. The van der Waals surface area contributed by atoms with Crippen molar-refractivity contribution in [2.24, 2.45) is 23.7 Å². The Hall–Kier alpha value is -1.40. The number of fused-ring (bicyclic) bond motifs is 2. The van der Waals surface area contributed by atoms with Gasteiger partial charge in [-0.05, 0) is 37.2 Å². The van der Waals surface area contributed by atoms with Crippen molar-refractivity contribution in [3.05, 3.63) is 48.0 Å². The number of aliphatic hydroxyl groups is 6. The first kappa shape index (κ1) is 24.9. The van der Waals surface area contributed by atoms with E-state index >= 15 is 0 Å². The normalized spacial score (nSPS) is 57.2. The third kappa shape index (κ3) is 2.52. The monoisotopic (exact) mass is 504 g/mol. The molecular weight excluding hydrogens is 468 g/mol. The molecule has 3 saturated carbocycles.